The van der Waals surface area contributed by atoms with Crippen molar-refractivity contribution in [2.24, 2.45) is 20.5 Å². The molecule has 0 aliphatic heterocycles. The summed E-state index contributed by atoms with van der Waals surface area (Å²) in [5, 5.41) is 55.4. The van der Waals surface area contributed by atoms with Gasteiger partial charge in [-0.2, -0.15) is 10.2 Å². The fourth-order valence-corrected chi connectivity index (χ4v) is 9.12. The average Bonchev–Trinajstić information content (AvgIpc) is 4.04. The van der Waals surface area contributed by atoms with Gasteiger partial charge in [0.2, 0.25) is 0 Å². The topological polar surface area (TPSA) is 184 Å². The van der Waals surface area contributed by atoms with E-state index in [0.29, 0.717) is 39.1 Å². The van der Waals surface area contributed by atoms with Gasteiger partial charge in [0.15, 0.2) is 5.75 Å². The maximum Gasteiger partial charge on any atom is 0.259 e. The molecule has 7 N–H and O–H groups in total. The fourth-order valence-electron chi connectivity index (χ4n) is 9.12. The maximum absolute atomic E-state index is 13.6. The molecule has 0 saturated carbocycles. The Balaban J connectivity index is 0.00000157. The number of nitrogens with one attached hydrogen (secondary N) is 5. The molecular formula is C62H53N9O4. The van der Waals surface area contributed by atoms with Crippen LogP contribution < -0.4 is 16.1 Å². The highest BCUT2D eigenvalue weighted by molar-refractivity contribution is 6.23. The molecule has 0 aliphatic rings. The van der Waals surface area contributed by atoms with Crippen LogP contribution in [0.3, 0.4) is 0 Å². The fraction of sp³-hybridized carbons (Fsp3) is 0.0806. The van der Waals surface area contributed by atoms with Crippen LogP contribution in [0.4, 0.5) is 45.5 Å². The quantitative estimate of drug-likeness (QED) is 0.0472. The standard InChI is InChI=1S/C58H41N9O4.2C2H6/c68-56-36(33-71-67-42-13-5-2-6-14-42)31-34-19-29-45-43-15-7-9-17-48(43)61-52(45)50(34)54(56)65-63-40-25-21-38(22-26-40)59-39-23-27-41(28-24-39)64-66-55-51-35(20-30-46-44-16-8-10-18-49(44)62-53(46)51)32-47(57(55)69)58(70)60-37-11-3-1-4-12-37;2*1-2/h1-32,59,61-62,67-69H,33H2,(H,60,70);2*1-2H3. The number of aromatic amines is 2. The summed E-state index contributed by atoms with van der Waals surface area (Å²) in [5.41, 5.74) is 11.7. The minimum Gasteiger partial charge on any atom is -0.505 e. The number of nitrogens with zero attached hydrogens (tertiary/aromatic N) is 4. The Labute approximate surface area is 432 Å². The highest BCUT2D eigenvalue weighted by atomic mass is 16.6. The minimum atomic E-state index is -0.473. The number of fused-ring (bicyclic) bond motifs is 10. The van der Waals surface area contributed by atoms with E-state index in [0.717, 1.165) is 71.4 Å². The number of phenolic OH excluding ortho intramolecular Hbond substituents is 2. The van der Waals surface area contributed by atoms with Gasteiger partial charge in [-0.25, -0.2) is 0 Å². The van der Waals surface area contributed by atoms with E-state index in [1.54, 1.807) is 18.2 Å². The van der Waals surface area contributed by atoms with Crippen LogP contribution in [0.1, 0.15) is 43.6 Å². The Kier molecular flexibility index (Phi) is 14.2. The molecule has 2 aromatic heterocycles. The Bertz CT molecular complexity index is 4060. The normalized spacial score (nSPS) is 11.4. The van der Waals surface area contributed by atoms with Gasteiger partial charge in [0, 0.05) is 66.0 Å². The van der Waals surface area contributed by atoms with Gasteiger partial charge in [0.05, 0.1) is 33.7 Å². The first-order chi connectivity index (χ1) is 36.9. The Morgan fingerprint density at radius 1 is 0.480 bits per heavy atom. The number of H-pyrrole nitrogens is 2. The molecule has 0 atom stereocenters. The molecule has 75 heavy (non-hydrogen) atoms. The van der Waals surface area contributed by atoms with Gasteiger partial charge in [-0.05, 0) is 108 Å². The summed E-state index contributed by atoms with van der Waals surface area (Å²) in [6, 6.07) is 61.2. The SMILES string of the molecule is CC.CC.O=C(Nc1ccccc1)c1cc2ccc3c4ccccc4[nH]c3c2c(N=Nc2ccc(Nc3ccc(N=Nc4c(O)c(CONc5ccccc5)cc5ccc6c7ccccc7[nH]c6c45)cc3)cc2)c1O. The number of aromatic nitrogens is 2. The van der Waals surface area contributed by atoms with E-state index in [4.69, 9.17) is 9.95 Å². The third-order valence-corrected chi connectivity index (χ3v) is 12.6. The van der Waals surface area contributed by atoms with Crippen LogP contribution in [0.2, 0.25) is 0 Å². The molecule has 370 valence electrons. The first-order valence-electron chi connectivity index (χ1n) is 24.9. The average molecular weight is 988 g/mol. The van der Waals surface area contributed by atoms with Gasteiger partial charge in [-0.1, -0.05) is 125 Å². The van der Waals surface area contributed by atoms with Gasteiger partial charge in [0.1, 0.15) is 23.7 Å². The molecule has 0 spiro atoms. The van der Waals surface area contributed by atoms with Crippen molar-refractivity contribution in [1.82, 2.24) is 9.97 Å². The number of carbonyl (C=O) groups is 1. The molecule has 12 aromatic rings. The van der Waals surface area contributed by atoms with Gasteiger partial charge < -0.3 is 30.8 Å². The molecule has 13 heteroatoms. The van der Waals surface area contributed by atoms with Crippen LogP contribution in [0.15, 0.2) is 215 Å². The highest BCUT2D eigenvalue weighted by Crippen LogP contribution is 2.46. The van der Waals surface area contributed by atoms with Crippen molar-refractivity contribution in [3.8, 4) is 11.5 Å². The van der Waals surface area contributed by atoms with Gasteiger partial charge in [0.25, 0.3) is 5.91 Å². The van der Waals surface area contributed by atoms with Crippen molar-refractivity contribution >= 4 is 117 Å². The van der Waals surface area contributed by atoms with E-state index in [1.165, 1.54) is 0 Å². The number of carbonyl (C=O) groups excluding carboxylic acids is 1. The molecule has 0 bridgehead atoms. The van der Waals surface area contributed by atoms with Crippen LogP contribution >= 0.6 is 0 Å². The predicted molar refractivity (Wildman–Crippen MR) is 306 cm³/mol. The Morgan fingerprint density at radius 2 is 0.947 bits per heavy atom. The summed E-state index contributed by atoms with van der Waals surface area (Å²) in [6.45, 7) is 8.08. The zero-order valence-corrected chi connectivity index (χ0v) is 41.7. The van der Waals surface area contributed by atoms with Crippen molar-refractivity contribution in [3.63, 3.8) is 0 Å². The van der Waals surface area contributed by atoms with Crippen LogP contribution in [-0.4, -0.2) is 26.1 Å². The number of rotatable bonds is 12. The number of anilines is 4. The molecule has 0 radical (unpaired) electrons. The summed E-state index contributed by atoms with van der Waals surface area (Å²) in [4.78, 5) is 26.5. The molecule has 0 fully saturated rings. The van der Waals surface area contributed by atoms with Crippen LogP contribution in [0.5, 0.6) is 11.5 Å². The van der Waals surface area contributed by atoms with Crippen LogP contribution in [0.25, 0.3) is 65.2 Å². The molecule has 1 amide bonds. The lowest BCUT2D eigenvalue weighted by Crippen LogP contribution is -2.12. The van der Waals surface area contributed by atoms with Gasteiger partial charge in [-0.3, -0.25) is 15.1 Å². The zero-order valence-electron chi connectivity index (χ0n) is 41.7. The first-order valence-corrected chi connectivity index (χ1v) is 24.9. The number of amides is 1. The number of hydrogen-bond acceptors (Lipinski definition) is 10. The smallest absolute Gasteiger partial charge is 0.259 e. The largest absolute Gasteiger partial charge is 0.505 e. The van der Waals surface area contributed by atoms with E-state index in [1.807, 2.05) is 191 Å². The number of hydrogen-bond donors (Lipinski definition) is 7. The summed E-state index contributed by atoms with van der Waals surface area (Å²) in [7, 11) is 0. The second kappa shape index (κ2) is 21.9. The molecule has 10 aromatic carbocycles. The van der Waals surface area contributed by atoms with E-state index in [-0.39, 0.29) is 29.4 Å². The Hall–Kier alpha value is -9.85. The van der Waals surface area contributed by atoms with Gasteiger partial charge >= 0.3 is 0 Å². The van der Waals surface area contributed by atoms with Gasteiger partial charge in [-0.15, -0.1) is 10.2 Å². The molecule has 0 aliphatic carbocycles. The summed E-state index contributed by atoms with van der Waals surface area (Å²) in [6.07, 6.45) is 0. The zero-order chi connectivity index (χ0) is 51.8. The predicted octanol–water partition coefficient (Wildman–Crippen LogP) is 18.1. The molecule has 12 rings (SSSR count). The van der Waals surface area contributed by atoms with Crippen molar-refractivity contribution in [1.29, 1.82) is 0 Å². The van der Waals surface area contributed by atoms with Crippen molar-refractivity contribution < 1.29 is 19.8 Å². The Morgan fingerprint density at radius 3 is 1.48 bits per heavy atom. The third kappa shape index (κ3) is 9.91. The molecule has 0 saturated heterocycles. The second-order valence-electron chi connectivity index (χ2n) is 17.1. The summed E-state index contributed by atoms with van der Waals surface area (Å²) >= 11 is 0. The number of para-hydroxylation sites is 4. The summed E-state index contributed by atoms with van der Waals surface area (Å²) < 4.78 is 0. The number of azo groups is 2. The lowest BCUT2D eigenvalue weighted by Gasteiger charge is -2.13. The minimum absolute atomic E-state index is 0.0278. The molecular weight excluding hydrogens is 935 g/mol. The first kappa shape index (κ1) is 48.8. The van der Waals surface area contributed by atoms with Crippen molar-refractivity contribution in [2.75, 3.05) is 16.1 Å². The third-order valence-electron chi connectivity index (χ3n) is 12.6. The van der Waals surface area contributed by atoms with E-state index < -0.39 is 5.91 Å². The number of aromatic hydroxyl groups is 2. The van der Waals surface area contributed by atoms with E-state index >= 15 is 0 Å². The highest BCUT2D eigenvalue weighted by Gasteiger charge is 2.22. The van der Waals surface area contributed by atoms with Crippen molar-refractivity contribution in [3.05, 3.63) is 205 Å². The molecule has 2 heterocycles. The van der Waals surface area contributed by atoms with Crippen LogP contribution in [-0.2, 0) is 11.4 Å². The second-order valence-corrected chi connectivity index (χ2v) is 17.1. The van der Waals surface area contributed by atoms with E-state index in [2.05, 4.69) is 53.6 Å². The number of phenols is 2. The van der Waals surface area contributed by atoms with Crippen molar-refractivity contribution in [2.45, 2.75) is 34.3 Å². The lowest BCUT2D eigenvalue weighted by atomic mass is 10.00. The number of benzene rings is 10. The summed E-state index contributed by atoms with van der Waals surface area (Å²) in [5.74, 6) is -0.784. The molecule has 0 unspecified atom stereocenters. The monoisotopic (exact) mass is 987 g/mol. The maximum atomic E-state index is 13.6. The van der Waals surface area contributed by atoms with Crippen LogP contribution in [0, 0.1) is 0 Å². The molecule has 13 nitrogen and oxygen atoms in total. The van der Waals surface area contributed by atoms with E-state index in [9.17, 15) is 15.0 Å². The lowest BCUT2D eigenvalue weighted by molar-refractivity contribution is 0.102.